The Balaban J connectivity index is 1.58. The van der Waals surface area contributed by atoms with Crippen LogP contribution in [0, 0.1) is 20.8 Å². The zero-order valence-electron chi connectivity index (χ0n) is 19.3. The molecule has 1 aliphatic heterocycles. The molecule has 0 saturated heterocycles. The summed E-state index contributed by atoms with van der Waals surface area (Å²) in [5.41, 5.74) is 2.93. The third kappa shape index (κ3) is 3.81. The van der Waals surface area contributed by atoms with Crippen molar-refractivity contribution in [3.05, 3.63) is 49.6 Å². The van der Waals surface area contributed by atoms with Crippen molar-refractivity contribution in [2.45, 2.75) is 72.9 Å². The number of aryl methyl sites for hydroxylation is 3. The average molecular weight is 456 g/mol. The summed E-state index contributed by atoms with van der Waals surface area (Å²) < 4.78 is 9.22. The summed E-state index contributed by atoms with van der Waals surface area (Å²) in [6, 6.07) is 2.08. The lowest BCUT2D eigenvalue weighted by atomic mass is 10.1. The van der Waals surface area contributed by atoms with Crippen LogP contribution in [0.1, 0.15) is 82.0 Å². The van der Waals surface area contributed by atoms with Crippen LogP contribution >= 0.6 is 11.3 Å². The number of rotatable bonds is 5. The molecule has 0 fully saturated rings. The maximum Gasteiger partial charge on any atom is 0.349 e. The number of hydrogen-bond acceptors (Lipinski definition) is 6. The monoisotopic (exact) mass is 455 g/mol. The summed E-state index contributed by atoms with van der Waals surface area (Å²) in [6.07, 6.45) is 3.82. The first-order valence-electron chi connectivity index (χ1n) is 11.1. The molecule has 0 unspecified atom stereocenters. The molecular formula is C24H29N3O4S. The molecule has 3 aromatic rings. The first-order chi connectivity index (χ1) is 15.2. The van der Waals surface area contributed by atoms with Crippen LogP contribution < -0.4 is 5.56 Å². The van der Waals surface area contributed by atoms with Crippen molar-refractivity contribution in [2.75, 3.05) is 6.61 Å². The average Bonchev–Trinajstić information content (AvgIpc) is 3.10. The molecule has 1 aliphatic rings. The van der Waals surface area contributed by atoms with Crippen LogP contribution in [-0.2, 0) is 17.7 Å². The number of carbonyl (C=O) groups is 2. The summed E-state index contributed by atoms with van der Waals surface area (Å²) in [4.78, 5) is 44.2. The van der Waals surface area contributed by atoms with Crippen molar-refractivity contribution in [2.24, 2.45) is 0 Å². The van der Waals surface area contributed by atoms with Crippen LogP contribution in [0.2, 0.25) is 0 Å². The molecule has 0 radical (unpaired) electrons. The van der Waals surface area contributed by atoms with Crippen molar-refractivity contribution in [3.8, 4) is 0 Å². The molecule has 7 nitrogen and oxygen atoms in total. The highest BCUT2D eigenvalue weighted by atomic mass is 32.1. The second kappa shape index (κ2) is 8.65. The molecule has 8 heteroatoms. The molecular weight excluding hydrogens is 426 g/mol. The normalized spacial score (nSPS) is 13.9. The number of Topliss-reactive ketones (excluding diaryl/α,β-unsaturated/α-hetero) is 1. The molecule has 0 saturated carbocycles. The molecule has 4 heterocycles. The Morgan fingerprint density at radius 1 is 1.19 bits per heavy atom. The van der Waals surface area contributed by atoms with Gasteiger partial charge in [-0.15, -0.1) is 11.3 Å². The largest absolute Gasteiger partial charge is 0.453 e. The van der Waals surface area contributed by atoms with E-state index in [0.717, 1.165) is 42.9 Å². The van der Waals surface area contributed by atoms with E-state index >= 15 is 0 Å². The van der Waals surface area contributed by atoms with Crippen LogP contribution in [0.15, 0.2) is 10.9 Å². The number of carbonyl (C=O) groups excluding carboxylic acids is 2. The molecule has 170 valence electrons. The van der Waals surface area contributed by atoms with E-state index in [1.807, 2.05) is 19.9 Å². The van der Waals surface area contributed by atoms with Gasteiger partial charge < -0.3 is 9.30 Å². The Kier molecular flexibility index (Phi) is 6.07. The summed E-state index contributed by atoms with van der Waals surface area (Å²) in [7, 11) is 0. The van der Waals surface area contributed by atoms with Gasteiger partial charge in [0.1, 0.15) is 15.5 Å². The van der Waals surface area contributed by atoms with E-state index in [4.69, 9.17) is 4.74 Å². The van der Waals surface area contributed by atoms with Gasteiger partial charge in [0.15, 0.2) is 6.61 Å². The van der Waals surface area contributed by atoms with Gasteiger partial charge in [0.2, 0.25) is 5.78 Å². The lowest BCUT2D eigenvalue weighted by Crippen LogP contribution is -2.24. The minimum absolute atomic E-state index is 0.0862. The quantitative estimate of drug-likeness (QED) is 0.417. The van der Waals surface area contributed by atoms with Crippen LogP contribution in [0.5, 0.6) is 0 Å². The van der Waals surface area contributed by atoms with E-state index in [9.17, 15) is 14.4 Å². The highest BCUT2D eigenvalue weighted by Crippen LogP contribution is 2.29. The molecule has 0 bridgehead atoms. The third-order valence-electron chi connectivity index (χ3n) is 6.23. The summed E-state index contributed by atoms with van der Waals surface area (Å²) in [6.45, 7) is 10.1. The number of ether oxygens (including phenoxy) is 1. The predicted octanol–water partition coefficient (Wildman–Crippen LogP) is 4.53. The number of ketones is 1. The van der Waals surface area contributed by atoms with Gasteiger partial charge in [-0.3, -0.25) is 14.2 Å². The lowest BCUT2D eigenvalue weighted by molar-refractivity contribution is 0.0479. The fourth-order valence-corrected chi connectivity index (χ4v) is 5.82. The number of aromatic nitrogens is 3. The standard InChI is InChI=1S/C24H29N3O4S/c1-13(2)27-14(3)11-17(16(27)5)18(28)12-31-24(30)21-15(4)20-22(32-21)25-19-9-7-6-8-10-26(19)23(20)29/h11,13H,6-10,12H2,1-5H3. The van der Waals surface area contributed by atoms with Crippen molar-refractivity contribution in [3.63, 3.8) is 0 Å². The maximum absolute atomic E-state index is 13.1. The topological polar surface area (TPSA) is 83.2 Å². The summed E-state index contributed by atoms with van der Waals surface area (Å²) in [5.74, 6) is -0.0324. The Morgan fingerprint density at radius 3 is 2.62 bits per heavy atom. The molecule has 0 amide bonds. The smallest absolute Gasteiger partial charge is 0.349 e. The van der Waals surface area contributed by atoms with Crippen LogP contribution in [0.25, 0.3) is 10.2 Å². The van der Waals surface area contributed by atoms with Crippen LogP contribution in [0.3, 0.4) is 0 Å². The van der Waals surface area contributed by atoms with Gasteiger partial charge in [0, 0.05) is 36.0 Å². The summed E-state index contributed by atoms with van der Waals surface area (Å²) in [5, 5.41) is 0.486. The van der Waals surface area contributed by atoms with Crippen molar-refractivity contribution < 1.29 is 14.3 Å². The van der Waals surface area contributed by atoms with Crippen LogP contribution in [0.4, 0.5) is 0 Å². The van der Waals surface area contributed by atoms with E-state index < -0.39 is 5.97 Å². The van der Waals surface area contributed by atoms with E-state index in [-0.39, 0.29) is 24.0 Å². The van der Waals surface area contributed by atoms with E-state index in [1.165, 1.54) is 11.3 Å². The lowest BCUT2D eigenvalue weighted by Gasteiger charge is -2.13. The van der Waals surface area contributed by atoms with E-state index in [1.54, 1.807) is 11.5 Å². The zero-order valence-corrected chi connectivity index (χ0v) is 20.1. The maximum atomic E-state index is 13.1. The van der Waals surface area contributed by atoms with Gasteiger partial charge in [-0.2, -0.15) is 0 Å². The van der Waals surface area contributed by atoms with Gasteiger partial charge in [-0.05, 0) is 59.1 Å². The molecule has 32 heavy (non-hydrogen) atoms. The van der Waals surface area contributed by atoms with Gasteiger partial charge in [-0.25, -0.2) is 9.78 Å². The predicted molar refractivity (Wildman–Crippen MR) is 125 cm³/mol. The van der Waals surface area contributed by atoms with Crippen LogP contribution in [-0.4, -0.2) is 32.5 Å². The fourth-order valence-electron chi connectivity index (χ4n) is 4.73. The zero-order chi connectivity index (χ0) is 23.2. The van der Waals surface area contributed by atoms with Gasteiger partial charge in [-0.1, -0.05) is 6.42 Å². The molecule has 4 rings (SSSR count). The van der Waals surface area contributed by atoms with Gasteiger partial charge >= 0.3 is 5.97 Å². The highest BCUT2D eigenvalue weighted by Gasteiger charge is 2.24. The first-order valence-corrected chi connectivity index (χ1v) is 11.9. The Morgan fingerprint density at radius 2 is 1.94 bits per heavy atom. The Labute approximate surface area is 191 Å². The fraction of sp³-hybridized carbons (Fsp3) is 0.500. The number of fused-ring (bicyclic) bond motifs is 2. The summed E-state index contributed by atoms with van der Waals surface area (Å²) >= 11 is 1.17. The molecule has 0 N–H and O–H groups in total. The van der Waals surface area contributed by atoms with Crippen molar-refractivity contribution in [1.82, 2.24) is 14.1 Å². The SMILES string of the molecule is Cc1c(C(=O)OCC(=O)c2cc(C)n(C(C)C)c2C)sc2nc3n(c(=O)c12)CCCCC3. The molecule has 3 aromatic heterocycles. The highest BCUT2D eigenvalue weighted by molar-refractivity contribution is 7.20. The minimum Gasteiger partial charge on any atom is -0.453 e. The van der Waals surface area contributed by atoms with Crippen molar-refractivity contribution in [1.29, 1.82) is 0 Å². The Bertz CT molecular complexity index is 1280. The Hall–Kier alpha value is -2.74. The second-order valence-electron chi connectivity index (χ2n) is 8.78. The van der Waals surface area contributed by atoms with E-state index in [0.29, 0.717) is 32.8 Å². The van der Waals surface area contributed by atoms with Gasteiger partial charge in [0.25, 0.3) is 5.56 Å². The molecule has 0 aliphatic carbocycles. The number of hydrogen-bond donors (Lipinski definition) is 0. The number of thiophene rings is 1. The molecule has 0 spiro atoms. The van der Waals surface area contributed by atoms with E-state index in [2.05, 4.69) is 23.4 Å². The molecule has 0 aromatic carbocycles. The molecule has 0 atom stereocenters. The third-order valence-corrected chi connectivity index (χ3v) is 7.40. The first kappa shape index (κ1) is 22.5. The van der Waals surface area contributed by atoms with Crippen molar-refractivity contribution >= 4 is 33.3 Å². The number of esters is 1. The minimum atomic E-state index is -0.587. The van der Waals surface area contributed by atoms with Gasteiger partial charge in [0.05, 0.1) is 5.39 Å². The second-order valence-corrected chi connectivity index (χ2v) is 9.78. The number of nitrogens with zero attached hydrogens (tertiary/aromatic N) is 3.